The average Bonchev–Trinajstić information content (AvgIpc) is 3.05. The number of aromatic nitrogens is 2. The summed E-state index contributed by atoms with van der Waals surface area (Å²) >= 11 is 0. The van der Waals surface area contributed by atoms with E-state index in [9.17, 15) is 14.4 Å². The van der Waals surface area contributed by atoms with Crippen LogP contribution in [0, 0.1) is 0 Å². The Morgan fingerprint density at radius 1 is 1.11 bits per heavy atom. The van der Waals surface area contributed by atoms with E-state index in [0.717, 1.165) is 11.0 Å². The van der Waals surface area contributed by atoms with Crippen molar-refractivity contribution in [2.75, 3.05) is 19.6 Å². The number of hydrogen-bond donors (Lipinski definition) is 4. The van der Waals surface area contributed by atoms with E-state index in [4.69, 9.17) is 4.74 Å². The molecule has 2 aromatic rings. The van der Waals surface area contributed by atoms with Crippen molar-refractivity contribution in [1.82, 2.24) is 25.9 Å². The van der Waals surface area contributed by atoms with Gasteiger partial charge in [-0.15, -0.1) is 0 Å². The number of carbonyl (C=O) groups excluding carboxylic acids is 3. The van der Waals surface area contributed by atoms with Gasteiger partial charge in [0.1, 0.15) is 5.60 Å². The fourth-order valence-electron chi connectivity index (χ4n) is 2.23. The Kier molecular flexibility index (Phi) is 6.75. The highest BCUT2D eigenvalue weighted by molar-refractivity contribution is 5.97. The van der Waals surface area contributed by atoms with E-state index in [1.807, 2.05) is 0 Å². The van der Waals surface area contributed by atoms with E-state index >= 15 is 0 Å². The molecule has 0 aliphatic rings. The number of amides is 3. The summed E-state index contributed by atoms with van der Waals surface area (Å²) in [6.07, 6.45) is 1.50. The van der Waals surface area contributed by atoms with Gasteiger partial charge in [-0.1, -0.05) is 0 Å². The molecule has 146 valence electrons. The van der Waals surface area contributed by atoms with Crippen LogP contribution in [0.4, 0.5) is 4.79 Å². The van der Waals surface area contributed by atoms with Crippen LogP contribution in [-0.2, 0) is 9.53 Å². The first-order valence-electron chi connectivity index (χ1n) is 8.69. The topological polar surface area (TPSA) is 125 Å². The number of nitrogens with zero attached hydrogens (tertiary/aromatic N) is 1. The number of benzene rings is 1. The van der Waals surface area contributed by atoms with Crippen molar-refractivity contribution in [3.05, 3.63) is 30.1 Å². The van der Waals surface area contributed by atoms with Gasteiger partial charge in [0, 0.05) is 18.7 Å². The second-order valence-corrected chi connectivity index (χ2v) is 6.95. The number of ether oxygens (including phenoxy) is 1. The van der Waals surface area contributed by atoms with Gasteiger partial charge in [-0.3, -0.25) is 9.59 Å². The summed E-state index contributed by atoms with van der Waals surface area (Å²) in [6.45, 7) is 5.87. The number of H-pyrrole nitrogens is 1. The number of alkyl carbamates (subject to hydrolysis) is 1. The Hall–Kier alpha value is -3.10. The molecule has 0 bridgehead atoms. The van der Waals surface area contributed by atoms with Gasteiger partial charge in [0.05, 0.1) is 23.9 Å². The van der Waals surface area contributed by atoms with Crippen molar-refractivity contribution < 1.29 is 19.1 Å². The lowest BCUT2D eigenvalue weighted by Crippen LogP contribution is -2.40. The Balaban J connectivity index is 1.60. The third-order valence-corrected chi connectivity index (χ3v) is 3.44. The summed E-state index contributed by atoms with van der Waals surface area (Å²) in [7, 11) is 0. The Morgan fingerprint density at radius 2 is 1.85 bits per heavy atom. The van der Waals surface area contributed by atoms with Crippen LogP contribution in [0.2, 0.25) is 0 Å². The SMILES string of the molecule is CC(C)(C)OC(=O)NCC(=O)NCCCNC(=O)c1ccc2nc[nH]c2c1. The highest BCUT2D eigenvalue weighted by atomic mass is 16.6. The molecular formula is C18H25N5O4. The number of fused-ring (bicyclic) bond motifs is 1. The first-order chi connectivity index (χ1) is 12.7. The van der Waals surface area contributed by atoms with Crippen LogP contribution in [0.5, 0.6) is 0 Å². The lowest BCUT2D eigenvalue weighted by Gasteiger charge is -2.19. The molecular weight excluding hydrogens is 350 g/mol. The molecule has 0 saturated heterocycles. The fourth-order valence-corrected chi connectivity index (χ4v) is 2.23. The molecule has 0 saturated carbocycles. The molecule has 0 atom stereocenters. The zero-order valence-electron chi connectivity index (χ0n) is 15.7. The fraction of sp³-hybridized carbons (Fsp3) is 0.444. The molecule has 0 fully saturated rings. The molecule has 0 spiro atoms. The summed E-state index contributed by atoms with van der Waals surface area (Å²) in [5.74, 6) is -0.513. The van der Waals surface area contributed by atoms with Crippen molar-refractivity contribution in [3.8, 4) is 0 Å². The summed E-state index contributed by atoms with van der Waals surface area (Å²) in [4.78, 5) is 42.3. The maximum atomic E-state index is 12.1. The van der Waals surface area contributed by atoms with Crippen molar-refractivity contribution in [2.24, 2.45) is 0 Å². The minimum absolute atomic E-state index is 0.161. The summed E-state index contributed by atoms with van der Waals surface area (Å²) < 4.78 is 5.04. The molecule has 3 amide bonds. The molecule has 4 N–H and O–H groups in total. The molecule has 0 unspecified atom stereocenters. The highest BCUT2D eigenvalue weighted by Gasteiger charge is 2.16. The maximum absolute atomic E-state index is 12.1. The number of nitrogens with one attached hydrogen (secondary N) is 4. The summed E-state index contributed by atoms with van der Waals surface area (Å²) in [5.41, 5.74) is 1.53. The average molecular weight is 375 g/mol. The third-order valence-electron chi connectivity index (χ3n) is 3.44. The Bertz CT molecular complexity index is 809. The van der Waals surface area contributed by atoms with Gasteiger partial charge in [-0.25, -0.2) is 9.78 Å². The van der Waals surface area contributed by atoms with Gasteiger partial charge < -0.3 is 25.7 Å². The molecule has 27 heavy (non-hydrogen) atoms. The van der Waals surface area contributed by atoms with Crippen LogP contribution >= 0.6 is 0 Å². The van der Waals surface area contributed by atoms with Crippen molar-refractivity contribution >= 4 is 28.9 Å². The van der Waals surface area contributed by atoms with Gasteiger partial charge >= 0.3 is 6.09 Å². The second kappa shape index (κ2) is 9.02. The standard InChI is InChI=1S/C18H25N5O4/c1-18(2,3)27-17(26)21-10-15(24)19-7-4-8-20-16(25)12-5-6-13-14(9-12)23-11-22-13/h5-6,9,11H,4,7-8,10H2,1-3H3,(H,19,24)(H,20,25)(H,21,26)(H,22,23). The van der Waals surface area contributed by atoms with Crippen LogP contribution in [0.3, 0.4) is 0 Å². The number of rotatable bonds is 7. The second-order valence-electron chi connectivity index (χ2n) is 6.95. The van der Waals surface area contributed by atoms with Crippen LogP contribution in [-0.4, -0.2) is 53.1 Å². The van der Waals surface area contributed by atoms with Crippen molar-refractivity contribution in [2.45, 2.75) is 32.8 Å². The van der Waals surface area contributed by atoms with Crippen molar-refractivity contribution in [3.63, 3.8) is 0 Å². The maximum Gasteiger partial charge on any atom is 0.408 e. The van der Waals surface area contributed by atoms with Crippen molar-refractivity contribution in [1.29, 1.82) is 0 Å². The number of aromatic amines is 1. The molecule has 0 aliphatic carbocycles. The molecule has 1 heterocycles. The van der Waals surface area contributed by atoms with E-state index in [1.54, 1.807) is 45.3 Å². The smallest absolute Gasteiger partial charge is 0.408 e. The Labute approximate surface area is 157 Å². The number of hydrogen-bond acceptors (Lipinski definition) is 5. The van der Waals surface area contributed by atoms with Gasteiger partial charge in [-0.05, 0) is 45.4 Å². The van der Waals surface area contributed by atoms with E-state index in [-0.39, 0.29) is 18.4 Å². The molecule has 0 aliphatic heterocycles. The lowest BCUT2D eigenvalue weighted by atomic mass is 10.2. The first kappa shape index (κ1) is 20.2. The molecule has 1 aromatic heterocycles. The van der Waals surface area contributed by atoms with E-state index in [1.165, 1.54) is 0 Å². The van der Waals surface area contributed by atoms with Crippen LogP contribution in [0.25, 0.3) is 11.0 Å². The zero-order chi connectivity index (χ0) is 19.9. The van der Waals surface area contributed by atoms with Crippen LogP contribution < -0.4 is 16.0 Å². The number of carbonyl (C=O) groups is 3. The van der Waals surface area contributed by atoms with Crippen LogP contribution in [0.1, 0.15) is 37.6 Å². The molecule has 1 aromatic carbocycles. The quantitative estimate of drug-likeness (QED) is 0.543. The predicted molar refractivity (Wildman–Crippen MR) is 100 cm³/mol. The minimum Gasteiger partial charge on any atom is -0.444 e. The van der Waals surface area contributed by atoms with Gasteiger partial charge in [0.15, 0.2) is 0 Å². The Morgan fingerprint density at radius 3 is 2.59 bits per heavy atom. The normalized spacial score (nSPS) is 11.1. The molecule has 0 radical (unpaired) electrons. The molecule has 2 rings (SSSR count). The molecule has 9 nitrogen and oxygen atoms in total. The van der Waals surface area contributed by atoms with Crippen LogP contribution in [0.15, 0.2) is 24.5 Å². The first-order valence-corrected chi connectivity index (χ1v) is 8.69. The molecule has 9 heteroatoms. The predicted octanol–water partition coefficient (Wildman–Crippen LogP) is 1.32. The lowest BCUT2D eigenvalue weighted by molar-refractivity contribution is -0.120. The highest BCUT2D eigenvalue weighted by Crippen LogP contribution is 2.11. The van der Waals surface area contributed by atoms with Gasteiger partial charge in [0.2, 0.25) is 5.91 Å². The minimum atomic E-state index is -0.640. The number of imidazole rings is 1. The van der Waals surface area contributed by atoms with Gasteiger partial charge in [-0.2, -0.15) is 0 Å². The van der Waals surface area contributed by atoms with Gasteiger partial charge in [0.25, 0.3) is 5.91 Å². The summed E-state index contributed by atoms with van der Waals surface area (Å²) in [5, 5.41) is 7.83. The van der Waals surface area contributed by atoms with E-state index in [2.05, 4.69) is 25.9 Å². The largest absolute Gasteiger partial charge is 0.444 e. The monoisotopic (exact) mass is 375 g/mol. The third kappa shape index (κ3) is 6.96. The van der Waals surface area contributed by atoms with E-state index in [0.29, 0.717) is 25.1 Å². The zero-order valence-corrected chi connectivity index (χ0v) is 15.7. The summed E-state index contributed by atoms with van der Waals surface area (Å²) in [6, 6.07) is 5.23. The van der Waals surface area contributed by atoms with E-state index < -0.39 is 11.7 Å².